The highest BCUT2D eigenvalue weighted by Crippen LogP contribution is 2.20. The molecular formula is C45H73N11O10. The Morgan fingerprint density at radius 1 is 0.788 bits per heavy atom. The lowest BCUT2D eigenvalue weighted by atomic mass is 9.97. The lowest BCUT2D eigenvalue weighted by Gasteiger charge is -2.29. The highest BCUT2D eigenvalue weighted by atomic mass is 16.6. The number of unbranched alkanes of at least 4 members (excludes halogenated alkanes) is 2. The Morgan fingerprint density at radius 2 is 1.33 bits per heavy atom. The van der Waals surface area contributed by atoms with Gasteiger partial charge in [-0.3, -0.25) is 9.36 Å². The summed E-state index contributed by atoms with van der Waals surface area (Å²) < 4.78 is 18.0. The number of hydrogen-bond acceptors (Lipinski definition) is 14. The molecule has 368 valence electrons. The summed E-state index contributed by atoms with van der Waals surface area (Å²) in [7, 11) is 0. The van der Waals surface area contributed by atoms with Crippen molar-refractivity contribution in [2.75, 3.05) is 56.9 Å². The van der Waals surface area contributed by atoms with Crippen LogP contribution in [0.25, 0.3) is 11.2 Å². The fraction of sp³-hybridized carbons (Fsp3) is 0.644. The number of anilines is 2. The first-order valence-electron chi connectivity index (χ1n) is 22.6. The van der Waals surface area contributed by atoms with E-state index in [4.69, 9.17) is 25.7 Å². The predicted octanol–water partition coefficient (Wildman–Crippen LogP) is 5.21. The molecule has 9 N–H and O–H groups in total. The van der Waals surface area contributed by atoms with Crippen LogP contribution < -0.4 is 33.1 Å². The van der Waals surface area contributed by atoms with Gasteiger partial charge in [0.2, 0.25) is 11.9 Å². The van der Waals surface area contributed by atoms with Gasteiger partial charge >= 0.3 is 29.9 Å². The van der Waals surface area contributed by atoms with Gasteiger partial charge in [-0.25, -0.2) is 24.0 Å². The smallest absolute Gasteiger partial charge is 0.410 e. The molecule has 0 bridgehead atoms. The number of rotatable bonds is 23. The van der Waals surface area contributed by atoms with Gasteiger partial charge in [0.1, 0.15) is 22.3 Å². The van der Waals surface area contributed by atoms with E-state index in [0.717, 1.165) is 12.8 Å². The van der Waals surface area contributed by atoms with Gasteiger partial charge < -0.3 is 61.5 Å². The van der Waals surface area contributed by atoms with E-state index < -0.39 is 58.7 Å². The number of benzene rings is 1. The number of ether oxygens (including phenoxy) is 3. The summed E-state index contributed by atoms with van der Waals surface area (Å²) in [6.45, 7) is 20.3. The number of nitrogens with one attached hydrogen (secondary N) is 4. The van der Waals surface area contributed by atoms with Crippen LogP contribution in [-0.2, 0) is 32.0 Å². The molecule has 21 nitrogen and oxygen atoms in total. The topological polar surface area (TPSA) is 291 Å². The van der Waals surface area contributed by atoms with Crippen LogP contribution in [0.4, 0.5) is 26.1 Å². The van der Waals surface area contributed by atoms with Crippen molar-refractivity contribution < 1.29 is 43.3 Å². The number of carbonyl (C=O) groups excluding carboxylic acids is 4. The van der Waals surface area contributed by atoms with Gasteiger partial charge in [-0.15, -0.1) is 0 Å². The number of alkyl carbamates (subject to hydrolysis) is 1. The lowest BCUT2D eigenvalue weighted by molar-refractivity contribution is -0.122. The minimum atomic E-state index is -1.20. The largest absolute Gasteiger partial charge is 0.478 e. The molecule has 0 spiro atoms. The van der Waals surface area contributed by atoms with E-state index in [1.54, 1.807) is 84.2 Å². The molecule has 1 atom stereocenters. The van der Waals surface area contributed by atoms with Crippen LogP contribution >= 0.6 is 0 Å². The number of aromatic carboxylic acids is 1. The van der Waals surface area contributed by atoms with Gasteiger partial charge in [-0.2, -0.15) is 9.97 Å². The first kappa shape index (κ1) is 54.2. The molecule has 2 heterocycles. The summed E-state index contributed by atoms with van der Waals surface area (Å²) in [5.41, 5.74) is 11.3. The van der Waals surface area contributed by atoms with Crippen molar-refractivity contribution in [1.82, 2.24) is 40.0 Å². The van der Waals surface area contributed by atoms with Gasteiger partial charge in [0.25, 0.3) is 0 Å². The first-order chi connectivity index (χ1) is 30.8. The second kappa shape index (κ2) is 24.4. The van der Waals surface area contributed by atoms with E-state index in [1.807, 2.05) is 0 Å². The number of H-pyrrole nitrogens is 1. The second-order valence-corrected chi connectivity index (χ2v) is 19.1. The number of nitrogens with two attached hydrogens (primary N) is 2. The van der Waals surface area contributed by atoms with Crippen LogP contribution in [0.1, 0.15) is 129 Å². The van der Waals surface area contributed by atoms with Crippen molar-refractivity contribution in [3.63, 3.8) is 0 Å². The van der Waals surface area contributed by atoms with Gasteiger partial charge in [-0.1, -0.05) is 25.5 Å². The number of fused-ring (bicyclic) bond motifs is 1. The van der Waals surface area contributed by atoms with E-state index in [9.17, 15) is 33.9 Å². The highest BCUT2D eigenvalue weighted by Gasteiger charge is 2.25. The molecule has 4 amide bonds. The molecule has 0 saturated heterocycles. The molecule has 0 saturated carbocycles. The van der Waals surface area contributed by atoms with Crippen LogP contribution in [0, 0.1) is 0 Å². The Kier molecular flexibility index (Phi) is 20.1. The number of hydrogen-bond donors (Lipinski definition) is 7. The van der Waals surface area contributed by atoms with Crippen LogP contribution in [-0.4, -0.2) is 133 Å². The average molecular weight is 928 g/mol. The van der Waals surface area contributed by atoms with Crippen molar-refractivity contribution in [3.8, 4) is 0 Å². The molecule has 2 aromatic heterocycles. The van der Waals surface area contributed by atoms with E-state index in [0.29, 0.717) is 69.5 Å². The van der Waals surface area contributed by atoms with Gasteiger partial charge in [0.15, 0.2) is 11.5 Å². The molecule has 0 radical (unpaired) electrons. The lowest BCUT2D eigenvalue weighted by Crippen LogP contribution is -2.44. The monoisotopic (exact) mass is 928 g/mol. The average Bonchev–Trinajstić information content (AvgIpc) is 3.50. The fourth-order valence-corrected chi connectivity index (χ4v) is 6.52. The summed E-state index contributed by atoms with van der Waals surface area (Å²) in [5.74, 6) is -1.35. The maximum Gasteiger partial charge on any atom is 0.410 e. The molecule has 0 aliphatic rings. The summed E-state index contributed by atoms with van der Waals surface area (Å²) in [4.78, 5) is 91.5. The number of carboxylic acid groups (broad SMARTS) is 1. The molecule has 3 aromatic rings. The van der Waals surface area contributed by atoms with E-state index in [2.05, 4.69) is 37.8 Å². The standard InChI is InChI=1S/C45H73N11O10/c1-11-12-19-49-38-52-34(47)33-35(53-38)56(39(60)51-33)28-29-17-18-31(37(58)59)30(26-29)27-32(46)36(57)48-20-15-24-54(41(62)65-44(5,6)7)22-13-14-23-55(42(63)66-45(8,9)10)25-16-21-50-40(61)64-43(2,3)4/h17-18,26,32H,11-16,19-25,27-28,46H2,1-10H3,(H,48,57)(H,50,61)(H,51,60)(H,58,59)(H3,47,49,52,53)/t32-/m0/s1. The van der Waals surface area contributed by atoms with Crippen molar-refractivity contribution in [3.05, 3.63) is 45.4 Å². The quantitative estimate of drug-likeness (QED) is 0.0475. The van der Waals surface area contributed by atoms with Gasteiger partial charge in [-0.05, 0) is 118 Å². The third-order valence-electron chi connectivity index (χ3n) is 9.57. The summed E-state index contributed by atoms with van der Waals surface area (Å²) in [6, 6.07) is 3.46. The molecule has 0 unspecified atom stereocenters. The number of amides is 4. The van der Waals surface area contributed by atoms with Crippen LogP contribution in [0.3, 0.4) is 0 Å². The Morgan fingerprint density at radius 3 is 1.86 bits per heavy atom. The SMILES string of the molecule is CCCCNc1nc(N)c2[nH]c(=O)n(Cc3ccc(C(=O)O)c(C[C@H](N)C(=O)NCCCN(CCCCN(CCCNC(=O)OC(C)(C)C)C(=O)OC(C)(C)C)C(=O)OC(C)(C)C)c3)c2n1. The zero-order valence-electron chi connectivity index (χ0n) is 40.4. The molecule has 21 heteroatoms. The Labute approximate surface area is 387 Å². The molecule has 1 aromatic carbocycles. The normalized spacial score (nSPS) is 12.3. The molecule has 0 aliphatic carbocycles. The molecule has 0 aliphatic heterocycles. The van der Waals surface area contributed by atoms with Crippen molar-refractivity contribution >= 4 is 53.1 Å². The summed E-state index contributed by atoms with van der Waals surface area (Å²) in [6.07, 6.45) is 2.03. The van der Waals surface area contributed by atoms with Crippen LogP contribution in [0.15, 0.2) is 23.0 Å². The zero-order chi connectivity index (χ0) is 49.4. The number of carbonyl (C=O) groups is 5. The summed E-state index contributed by atoms with van der Waals surface area (Å²) in [5, 5.41) is 18.6. The minimum absolute atomic E-state index is 0.0171. The highest BCUT2D eigenvalue weighted by molar-refractivity contribution is 5.90. The first-order valence-corrected chi connectivity index (χ1v) is 22.6. The molecule has 3 rings (SSSR count). The van der Waals surface area contributed by atoms with Crippen molar-refractivity contribution in [2.24, 2.45) is 5.73 Å². The zero-order valence-corrected chi connectivity index (χ0v) is 40.4. The number of nitrogens with zero attached hydrogens (tertiary/aromatic N) is 5. The molecule has 0 fully saturated rings. The Hall–Kier alpha value is -6.12. The molecule has 66 heavy (non-hydrogen) atoms. The third-order valence-corrected chi connectivity index (χ3v) is 9.57. The number of imidazole rings is 1. The number of carboxylic acids is 1. The molecular weight excluding hydrogens is 855 g/mol. The fourth-order valence-electron chi connectivity index (χ4n) is 6.52. The maximum absolute atomic E-state index is 13.3. The number of aromatic amines is 1. The predicted molar refractivity (Wildman–Crippen MR) is 251 cm³/mol. The van der Waals surface area contributed by atoms with Crippen LogP contribution in [0.5, 0.6) is 0 Å². The maximum atomic E-state index is 13.3. The second-order valence-electron chi connectivity index (χ2n) is 19.1. The van der Waals surface area contributed by atoms with E-state index in [1.165, 1.54) is 10.6 Å². The van der Waals surface area contributed by atoms with Crippen molar-refractivity contribution in [1.29, 1.82) is 0 Å². The van der Waals surface area contributed by atoms with Gasteiger partial charge in [0, 0.05) is 45.8 Å². The van der Waals surface area contributed by atoms with E-state index >= 15 is 0 Å². The van der Waals surface area contributed by atoms with Gasteiger partial charge in [0.05, 0.1) is 18.2 Å². The minimum Gasteiger partial charge on any atom is -0.478 e. The Bertz CT molecular complexity index is 2170. The van der Waals surface area contributed by atoms with Crippen molar-refractivity contribution in [2.45, 2.75) is 144 Å². The van der Waals surface area contributed by atoms with E-state index in [-0.39, 0.29) is 54.5 Å². The van der Waals surface area contributed by atoms with Crippen LogP contribution in [0.2, 0.25) is 0 Å². The number of aromatic nitrogens is 4. The third kappa shape index (κ3) is 18.8. The Balaban J connectivity index is 1.62. The number of nitrogen functional groups attached to an aromatic ring is 1. The summed E-state index contributed by atoms with van der Waals surface area (Å²) >= 11 is 0.